The van der Waals surface area contributed by atoms with Crippen LogP contribution in [0.15, 0.2) is 60.7 Å². The van der Waals surface area contributed by atoms with Gasteiger partial charge in [-0.25, -0.2) is 4.39 Å². The summed E-state index contributed by atoms with van der Waals surface area (Å²) in [4.78, 5) is 0. The van der Waals surface area contributed by atoms with Gasteiger partial charge in [0.15, 0.2) is 0 Å². The van der Waals surface area contributed by atoms with Crippen LogP contribution in [0.3, 0.4) is 0 Å². The molecule has 0 fully saturated rings. The van der Waals surface area contributed by atoms with Crippen molar-refractivity contribution in [2.24, 2.45) is 0 Å². The van der Waals surface area contributed by atoms with Gasteiger partial charge in [-0.05, 0) is 59.6 Å². The van der Waals surface area contributed by atoms with Crippen molar-refractivity contribution in [1.82, 2.24) is 5.32 Å². The molecule has 0 bridgehead atoms. The molecule has 1 N–H and O–H groups in total. The second-order valence-corrected chi connectivity index (χ2v) is 5.30. The van der Waals surface area contributed by atoms with Crippen LogP contribution in [-0.4, -0.2) is 7.05 Å². The molecule has 0 aliphatic heterocycles. The predicted molar refractivity (Wildman–Crippen MR) is 86.8 cm³/mol. The smallest absolute Gasteiger partial charge is 0.123 e. The molecule has 0 saturated heterocycles. The zero-order valence-corrected chi connectivity index (χ0v) is 12.2. The maximum absolute atomic E-state index is 13.7. The molecule has 106 valence electrons. The van der Waals surface area contributed by atoms with Crippen molar-refractivity contribution < 1.29 is 4.39 Å². The summed E-state index contributed by atoms with van der Waals surface area (Å²) in [5.41, 5.74) is 3.10. The molecule has 0 saturated carbocycles. The molecular weight excluding hydrogens is 261 g/mol. The van der Waals surface area contributed by atoms with E-state index < -0.39 is 0 Å². The van der Waals surface area contributed by atoms with Crippen molar-refractivity contribution in [3.05, 3.63) is 72.0 Å². The van der Waals surface area contributed by atoms with E-state index in [1.165, 1.54) is 16.8 Å². The van der Waals surface area contributed by atoms with Gasteiger partial charge in [0, 0.05) is 6.04 Å². The van der Waals surface area contributed by atoms with Gasteiger partial charge in [0.1, 0.15) is 5.82 Å². The zero-order chi connectivity index (χ0) is 14.8. The van der Waals surface area contributed by atoms with E-state index in [9.17, 15) is 4.39 Å². The van der Waals surface area contributed by atoms with Gasteiger partial charge in [-0.15, -0.1) is 0 Å². The number of rotatable bonds is 3. The molecule has 21 heavy (non-hydrogen) atoms. The van der Waals surface area contributed by atoms with Gasteiger partial charge >= 0.3 is 0 Å². The van der Waals surface area contributed by atoms with Crippen molar-refractivity contribution in [1.29, 1.82) is 0 Å². The fraction of sp³-hybridized carbons (Fsp3) is 0.158. The summed E-state index contributed by atoms with van der Waals surface area (Å²) in [5.74, 6) is -0.204. The lowest BCUT2D eigenvalue weighted by Gasteiger charge is -2.16. The first-order chi connectivity index (χ1) is 10.2. The monoisotopic (exact) mass is 279 g/mol. The van der Waals surface area contributed by atoms with Crippen LogP contribution in [0.2, 0.25) is 0 Å². The molecule has 0 radical (unpaired) electrons. The minimum Gasteiger partial charge on any atom is -0.313 e. The van der Waals surface area contributed by atoms with Crippen LogP contribution in [0.25, 0.3) is 21.9 Å². The van der Waals surface area contributed by atoms with Gasteiger partial charge in [-0.2, -0.15) is 0 Å². The van der Waals surface area contributed by atoms with E-state index in [0.29, 0.717) is 0 Å². The number of halogens is 1. The van der Waals surface area contributed by atoms with Crippen molar-refractivity contribution in [3.8, 4) is 11.1 Å². The third-order valence-corrected chi connectivity index (χ3v) is 3.98. The molecule has 1 unspecified atom stereocenters. The lowest BCUT2D eigenvalue weighted by atomic mass is 9.94. The van der Waals surface area contributed by atoms with E-state index in [1.807, 2.05) is 25.2 Å². The molecule has 2 heteroatoms. The van der Waals surface area contributed by atoms with Crippen molar-refractivity contribution in [3.63, 3.8) is 0 Å². The fourth-order valence-corrected chi connectivity index (χ4v) is 2.67. The number of nitrogens with one attached hydrogen (secondary N) is 1. The van der Waals surface area contributed by atoms with Gasteiger partial charge in [0.05, 0.1) is 0 Å². The molecule has 3 aromatic carbocycles. The second-order valence-electron chi connectivity index (χ2n) is 5.30. The van der Waals surface area contributed by atoms with Crippen LogP contribution in [-0.2, 0) is 0 Å². The minimum absolute atomic E-state index is 0.173. The normalized spacial score (nSPS) is 12.5. The Labute approximate surface area is 124 Å². The van der Waals surface area contributed by atoms with E-state index in [-0.39, 0.29) is 11.9 Å². The SMILES string of the molecule is CNC(C)c1ccc(F)cc1-c1ccc2ccccc2c1. The lowest BCUT2D eigenvalue weighted by Crippen LogP contribution is -2.13. The Kier molecular flexibility index (Phi) is 3.72. The van der Waals surface area contributed by atoms with E-state index >= 15 is 0 Å². The molecule has 0 heterocycles. The summed E-state index contributed by atoms with van der Waals surface area (Å²) in [6, 6.07) is 19.7. The molecule has 3 rings (SSSR count). The largest absolute Gasteiger partial charge is 0.313 e. The highest BCUT2D eigenvalue weighted by molar-refractivity contribution is 5.87. The van der Waals surface area contributed by atoms with E-state index in [0.717, 1.165) is 16.7 Å². The van der Waals surface area contributed by atoms with Crippen LogP contribution < -0.4 is 5.32 Å². The highest BCUT2D eigenvalue weighted by Crippen LogP contribution is 2.31. The summed E-state index contributed by atoms with van der Waals surface area (Å²) in [5, 5.41) is 5.59. The van der Waals surface area contributed by atoms with Gasteiger partial charge in [-0.1, -0.05) is 42.5 Å². The van der Waals surface area contributed by atoms with Gasteiger partial charge in [0.25, 0.3) is 0 Å². The maximum Gasteiger partial charge on any atom is 0.123 e. The van der Waals surface area contributed by atoms with E-state index in [1.54, 1.807) is 6.07 Å². The molecule has 1 nitrogen and oxygen atoms in total. The van der Waals surface area contributed by atoms with Crippen molar-refractivity contribution >= 4 is 10.8 Å². The third kappa shape index (κ3) is 2.67. The summed E-state index contributed by atoms with van der Waals surface area (Å²) < 4.78 is 13.7. The van der Waals surface area contributed by atoms with Crippen LogP contribution in [0.1, 0.15) is 18.5 Å². The summed E-state index contributed by atoms with van der Waals surface area (Å²) in [6.45, 7) is 2.08. The van der Waals surface area contributed by atoms with E-state index in [4.69, 9.17) is 0 Å². The first-order valence-corrected chi connectivity index (χ1v) is 7.15. The molecule has 0 aliphatic rings. The Morgan fingerprint density at radius 2 is 1.67 bits per heavy atom. The average molecular weight is 279 g/mol. The highest BCUT2D eigenvalue weighted by Gasteiger charge is 2.12. The van der Waals surface area contributed by atoms with Crippen LogP contribution in [0, 0.1) is 5.82 Å². The number of fused-ring (bicyclic) bond motifs is 1. The maximum atomic E-state index is 13.7. The van der Waals surface area contributed by atoms with E-state index in [2.05, 4.69) is 42.6 Å². The fourth-order valence-electron chi connectivity index (χ4n) is 2.67. The molecular formula is C19H18FN. The molecule has 0 aromatic heterocycles. The molecule has 0 amide bonds. The predicted octanol–water partition coefficient (Wildman–Crippen LogP) is 4.93. The third-order valence-electron chi connectivity index (χ3n) is 3.98. The zero-order valence-electron chi connectivity index (χ0n) is 12.2. The molecule has 0 aliphatic carbocycles. The van der Waals surface area contributed by atoms with Gasteiger partial charge in [-0.3, -0.25) is 0 Å². The Bertz CT molecular complexity index is 779. The topological polar surface area (TPSA) is 12.0 Å². The highest BCUT2D eigenvalue weighted by atomic mass is 19.1. The molecule has 3 aromatic rings. The standard InChI is InChI=1S/C19H18FN/c1-13(21-2)18-10-9-17(20)12-19(18)16-8-7-14-5-3-4-6-15(14)11-16/h3-13,21H,1-2H3. The van der Waals surface area contributed by atoms with Crippen LogP contribution in [0.5, 0.6) is 0 Å². The molecule has 1 atom stereocenters. The Morgan fingerprint density at radius 3 is 2.43 bits per heavy atom. The Morgan fingerprint density at radius 1 is 0.905 bits per heavy atom. The summed E-state index contributed by atoms with van der Waals surface area (Å²) in [7, 11) is 1.91. The second kappa shape index (κ2) is 5.66. The average Bonchev–Trinajstić information content (AvgIpc) is 2.53. The van der Waals surface area contributed by atoms with Crippen molar-refractivity contribution in [2.75, 3.05) is 7.05 Å². The Hall–Kier alpha value is -2.19. The quantitative estimate of drug-likeness (QED) is 0.717. The summed E-state index contributed by atoms with van der Waals surface area (Å²) in [6.07, 6.45) is 0. The van der Waals surface area contributed by atoms with Crippen molar-refractivity contribution in [2.45, 2.75) is 13.0 Å². The minimum atomic E-state index is -0.204. The number of hydrogen-bond acceptors (Lipinski definition) is 1. The first-order valence-electron chi connectivity index (χ1n) is 7.15. The molecule has 0 spiro atoms. The first kappa shape index (κ1) is 13.8. The van der Waals surface area contributed by atoms with Crippen LogP contribution in [0.4, 0.5) is 4.39 Å². The van der Waals surface area contributed by atoms with Crippen LogP contribution >= 0.6 is 0 Å². The Balaban J connectivity index is 2.19. The van der Waals surface area contributed by atoms with Gasteiger partial charge < -0.3 is 5.32 Å². The summed E-state index contributed by atoms with van der Waals surface area (Å²) >= 11 is 0. The number of benzene rings is 3. The van der Waals surface area contributed by atoms with Gasteiger partial charge in [0.2, 0.25) is 0 Å². The number of hydrogen-bond donors (Lipinski definition) is 1. The lowest BCUT2D eigenvalue weighted by molar-refractivity contribution is 0.620.